The molecule has 5 aromatic rings. The summed E-state index contributed by atoms with van der Waals surface area (Å²) in [5.74, 6) is -1.04. The number of amides is 1. The summed E-state index contributed by atoms with van der Waals surface area (Å²) in [6.45, 7) is 0.925. The maximum Gasteiger partial charge on any atom is 0.408 e. The molecule has 0 aliphatic rings. The number of alkyl carbamates (subject to hydrolysis) is 1. The Hall–Kier alpha value is -5.74. The van der Waals surface area contributed by atoms with Gasteiger partial charge in [-0.25, -0.2) is 14.6 Å². The van der Waals surface area contributed by atoms with E-state index in [4.69, 9.17) is 14.2 Å². The number of carbonyl (C=O) groups excluding carboxylic acids is 3. The number of hydrogen-bond acceptors (Lipinski definition) is 8. The third-order valence-corrected chi connectivity index (χ3v) is 7.41. The van der Waals surface area contributed by atoms with E-state index < -0.39 is 30.1 Å². The smallest absolute Gasteiger partial charge is 0.408 e. The molecular formula is C38H38N4O6. The lowest BCUT2D eigenvalue weighted by molar-refractivity contribution is -0.148. The first-order chi connectivity index (χ1) is 23.5. The van der Waals surface area contributed by atoms with Crippen molar-refractivity contribution in [1.29, 1.82) is 0 Å². The van der Waals surface area contributed by atoms with Gasteiger partial charge in [-0.05, 0) is 22.3 Å². The van der Waals surface area contributed by atoms with Crippen molar-refractivity contribution in [1.82, 2.24) is 20.2 Å². The molecule has 246 valence electrons. The van der Waals surface area contributed by atoms with Crippen molar-refractivity contribution >= 4 is 18.0 Å². The minimum absolute atomic E-state index is 0.0433. The fraction of sp³-hybridized carbons (Fsp3) is 0.211. The van der Waals surface area contributed by atoms with Crippen molar-refractivity contribution in [3.05, 3.63) is 162 Å². The van der Waals surface area contributed by atoms with Crippen LogP contribution in [0.15, 0.2) is 134 Å². The van der Waals surface area contributed by atoms with Crippen LogP contribution in [0.5, 0.6) is 0 Å². The third kappa shape index (κ3) is 11.0. The summed E-state index contributed by atoms with van der Waals surface area (Å²) in [6.07, 6.45) is 2.60. The van der Waals surface area contributed by atoms with Gasteiger partial charge in [0.1, 0.15) is 31.9 Å². The molecule has 0 bridgehead atoms. The SMILES string of the molecule is O=C(N[C@@H](Cc1cn(C[C@@H](NCc2ccccc2)C(=O)OCc2ccccc2)cn1)C(=O)OCc1ccccc1)OCc1ccccc1. The molecule has 10 heteroatoms. The van der Waals surface area contributed by atoms with Gasteiger partial charge in [-0.1, -0.05) is 121 Å². The van der Waals surface area contributed by atoms with Crippen molar-refractivity contribution in [3.63, 3.8) is 0 Å². The number of ether oxygens (including phenoxy) is 3. The summed E-state index contributed by atoms with van der Waals surface area (Å²) in [5, 5.41) is 5.94. The van der Waals surface area contributed by atoms with E-state index in [9.17, 15) is 14.4 Å². The van der Waals surface area contributed by atoms with E-state index in [1.807, 2.05) is 121 Å². The first-order valence-corrected chi connectivity index (χ1v) is 15.7. The molecule has 48 heavy (non-hydrogen) atoms. The maximum atomic E-state index is 13.2. The van der Waals surface area contributed by atoms with Crippen LogP contribution in [0.2, 0.25) is 0 Å². The lowest BCUT2D eigenvalue weighted by Crippen LogP contribution is -2.43. The molecule has 1 amide bonds. The lowest BCUT2D eigenvalue weighted by Gasteiger charge is -2.19. The first-order valence-electron chi connectivity index (χ1n) is 15.7. The van der Waals surface area contributed by atoms with E-state index in [1.165, 1.54) is 0 Å². The van der Waals surface area contributed by atoms with Crippen LogP contribution < -0.4 is 10.6 Å². The zero-order valence-electron chi connectivity index (χ0n) is 26.4. The van der Waals surface area contributed by atoms with Crippen molar-refractivity contribution in [2.24, 2.45) is 0 Å². The minimum atomic E-state index is -1.07. The number of carbonyl (C=O) groups is 3. The Morgan fingerprint density at radius 3 is 1.58 bits per heavy atom. The summed E-state index contributed by atoms with van der Waals surface area (Å²) in [5.41, 5.74) is 4.05. The number of hydrogen-bond donors (Lipinski definition) is 2. The van der Waals surface area contributed by atoms with Crippen LogP contribution in [0.25, 0.3) is 0 Å². The molecule has 4 aromatic carbocycles. The molecule has 0 aliphatic heterocycles. The van der Waals surface area contributed by atoms with E-state index in [0.29, 0.717) is 12.2 Å². The number of benzene rings is 4. The Labute approximate surface area is 279 Å². The van der Waals surface area contributed by atoms with Gasteiger partial charge in [0.2, 0.25) is 0 Å². The summed E-state index contributed by atoms with van der Waals surface area (Å²) in [7, 11) is 0. The van der Waals surface area contributed by atoms with E-state index in [1.54, 1.807) is 17.1 Å². The zero-order valence-corrected chi connectivity index (χ0v) is 26.4. The first kappa shape index (κ1) is 33.6. The van der Waals surface area contributed by atoms with Crippen LogP contribution in [0.1, 0.15) is 27.9 Å². The second-order valence-electron chi connectivity index (χ2n) is 11.1. The Balaban J connectivity index is 1.24. The Morgan fingerprint density at radius 2 is 1.06 bits per heavy atom. The van der Waals surface area contributed by atoms with Crippen LogP contribution in [0.3, 0.4) is 0 Å². The Kier molecular flexibility index (Phi) is 12.5. The van der Waals surface area contributed by atoms with E-state index in [2.05, 4.69) is 15.6 Å². The predicted octanol–water partition coefficient (Wildman–Crippen LogP) is 5.37. The van der Waals surface area contributed by atoms with Gasteiger partial charge < -0.3 is 24.1 Å². The van der Waals surface area contributed by atoms with Gasteiger partial charge in [0.15, 0.2) is 0 Å². The van der Waals surface area contributed by atoms with Crippen LogP contribution in [-0.2, 0) is 63.1 Å². The van der Waals surface area contributed by atoms with Crippen molar-refractivity contribution < 1.29 is 28.6 Å². The van der Waals surface area contributed by atoms with Crippen molar-refractivity contribution in [2.45, 2.75) is 51.4 Å². The topological polar surface area (TPSA) is 121 Å². The summed E-state index contributed by atoms with van der Waals surface area (Å²) >= 11 is 0. The summed E-state index contributed by atoms with van der Waals surface area (Å²) in [4.78, 5) is 43.7. The number of esters is 2. The molecular weight excluding hydrogens is 608 g/mol. The average Bonchev–Trinajstić information content (AvgIpc) is 3.58. The standard InChI is InChI=1S/C38H38N4O6/c43-36(46-25-30-15-7-2-8-16-30)34(41-38(45)48-27-32-19-11-4-12-20-32)21-33-23-42(28-40-33)24-35(39-22-29-13-5-1-6-14-29)37(44)47-26-31-17-9-3-10-18-31/h1-20,23,28,34-35,39H,21-22,24-27H2,(H,41,45)/t34-,35+/m0/s1. The highest BCUT2D eigenvalue weighted by atomic mass is 16.6. The summed E-state index contributed by atoms with van der Waals surface area (Å²) in [6, 6.07) is 36.0. The number of nitrogens with one attached hydrogen (secondary N) is 2. The molecule has 2 atom stereocenters. The average molecular weight is 647 g/mol. The normalized spacial score (nSPS) is 12.0. The van der Waals surface area contributed by atoms with Gasteiger partial charge in [-0.15, -0.1) is 0 Å². The molecule has 10 nitrogen and oxygen atoms in total. The quantitative estimate of drug-likeness (QED) is 0.109. The molecule has 1 heterocycles. The van der Waals surface area contributed by atoms with Gasteiger partial charge in [-0.2, -0.15) is 0 Å². The van der Waals surface area contributed by atoms with E-state index >= 15 is 0 Å². The molecule has 0 spiro atoms. The number of rotatable bonds is 16. The number of aromatic nitrogens is 2. The Morgan fingerprint density at radius 1 is 0.604 bits per heavy atom. The van der Waals surface area contributed by atoms with Gasteiger partial charge in [0.05, 0.1) is 12.0 Å². The fourth-order valence-electron chi connectivity index (χ4n) is 4.85. The molecule has 0 saturated carbocycles. The van der Waals surface area contributed by atoms with Crippen LogP contribution in [0.4, 0.5) is 4.79 Å². The highest BCUT2D eigenvalue weighted by Gasteiger charge is 2.26. The van der Waals surface area contributed by atoms with Crippen LogP contribution >= 0.6 is 0 Å². The highest BCUT2D eigenvalue weighted by molar-refractivity contribution is 5.81. The van der Waals surface area contributed by atoms with Crippen LogP contribution in [0, 0.1) is 0 Å². The monoisotopic (exact) mass is 646 g/mol. The van der Waals surface area contributed by atoms with Gasteiger partial charge >= 0.3 is 18.0 Å². The molecule has 0 aliphatic carbocycles. The maximum absolute atomic E-state index is 13.2. The lowest BCUT2D eigenvalue weighted by atomic mass is 10.1. The van der Waals surface area contributed by atoms with Gasteiger partial charge in [0.25, 0.3) is 0 Å². The predicted molar refractivity (Wildman–Crippen MR) is 179 cm³/mol. The Bertz CT molecular complexity index is 1720. The van der Waals surface area contributed by atoms with E-state index in [-0.39, 0.29) is 32.8 Å². The van der Waals surface area contributed by atoms with Crippen molar-refractivity contribution in [3.8, 4) is 0 Å². The fourth-order valence-corrected chi connectivity index (χ4v) is 4.85. The molecule has 0 radical (unpaired) electrons. The van der Waals surface area contributed by atoms with Gasteiger partial charge in [-0.3, -0.25) is 10.1 Å². The van der Waals surface area contributed by atoms with Crippen LogP contribution in [-0.4, -0.2) is 39.7 Å². The van der Waals surface area contributed by atoms with Gasteiger partial charge in [0, 0.05) is 25.7 Å². The second kappa shape index (κ2) is 17.8. The van der Waals surface area contributed by atoms with E-state index in [0.717, 1.165) is 22.3 Å². The molecule has 0 saturated heterocycles. The molecule has 0 unspecified atom stereocenters. The number of nitrogens with zero attached hydrogens (tertiary/aromatic N) is 2. The minimum Gasteiger partial charge on any atom is -0.460 e. The zero-order chi connectivity index (χ0) is 33.4. The molecule has 1 aromatic heterocycles. The molecule has 2 N–H and O–H groups in total. The van der Waals surface area contributed by atoms with Crippen molar-refractivity contribution in [2.75, 3.05) is 0 Å². The third-order valence-electron chi connectivity index (χ3n) is 7.41. The molecule has 5 rings (SSSR count). The largest absolute Gasteiger partial charge is 0.460 e. The summed E-state index contributed by atoms with van der Waals surface area (Å²) < 4.78 is 18.3. The molecule has 0 fully saturated rings. The number of imidazole rings is 1. The second-order valence-corrected chi connectivity index (χ2v) is 11.1. The highest BCUT2D eigenvalue weighted by Crippen LogP contribution is 2.10.